The lowest BCUT2D eigenvalue weighted by Crippen LogP contribution is -2.30. The number of carbonyl (C=O) groups is 1. The predicted octanol–water partition coefficient (Wildman–Crippen LogP) is 3.01. The number of aliphatic hydroxyl groups excluding tert-OH is 1. The number of benzene rings is 1. The van der Waals surface area contributed by atoms with Gasteiger partial charge in [-0.15, -0.1) is 0 Å². The van der Waals surface area contributed by atoms with Crippen LogP contribution in [0.2, 0.25) is 0 Å². The van der Waals surface area contributed by atoms with E-state index >= 15 is 0 Å². The van der Waals surface area contributed by atoms with Crippen LogP contribution in [-0.2, 0) is 0 Å². The van der Waals surface area contributed by atoms with Gasteiger partial charge < -0.3 is 15.0 Å². The molecule has 6 nitrogen and oxygen atoms in total. The highest BCUT2D eigenvalue weighted by Gasteiger charge is 2.21. The van der Waals surface area contributed by atoms with Crippen molar-refractivity contribution >= 4 is 17.1 Å². The molecule has 26 heavy (non-hydrogen) atoms. The standard InChI is InChI=1S/C20H22N4O2/c25-12-18(14-6-2-1-3-7-14)23-20(26)15-10-17-19(21-11-15)24(13-22-17)16-8-4-5-9-16/h1-3,6-7,10-11,13,16,18,25H,4-5,8-9,12H2,(H,23,26)/t18-/m1/s1. The number of fused-ring (bicyclic) bond motifs is 1. The molecule has 1 fully saturated rings. The van der Waals surface area contributed by atoms with E-state index in [9.17, 15) is 9.90 Å². The summed E-state index contributed by atoms with van der Waals surface area (Å²) < 4.78 is 2.13. The SMILES string of the molecule is O=C(N[C@H](CO)c1ccccc1)c1cnc2c(c1)ncn2C1CCCC1. The average Bonchev–Trinajstić information content (AvgIpc) is 3.35. The van der Waals surface area contributed by atoms with Crippen molar-refractivity contribution < 1.29 is 9.90 Å². The van der Waals surface area contributed by atoms with Crippen molar-refractivity contribution in [2.75, 3.05) is 6.61 Å². The zero-order valence-corrected chi connectivity index (χ0v) is 14.5. The molecule has 0 aliphatic heterocycles. The first-order valence-corrected chi connectivity index (χ1v) is 9.05. The minimum Gasteiger partial charge on any atom is -0.394 e. The van der Waals surface area contributed by atoms with Gasteiger partial charge in [0.2, 0.25) is 0 Å². The van der Waals surface area contributed by atoms with Crippen LogP contribution in [0.15, 0.2) is 48.9 Å². The molecule has 0 spiro atoms. The molecule has 1 saturated carbocycles. The maximum absolute atomic E-state index is 12.6. The van der Waals surface area contributed by atoms with Crippen LogP contribution in [0.1, 0.15) is 53.7 Å². The van der Waals surface area contributed by atoms with E-state index in [1.807, 2.05) is 36.7 Å². The Balaban J connectivity index is 1.55. The number of aromatic nitrogens is 3. The molecular formula is C20H22N4O2. The minimum atomic E-state index is -0.449. The molecule has 1 aliphatic rings. The number of amides is 1. The number of hydrogen-bond acceptors (Lipinski definition) is 4. The number of nitrogens with one attached hydrogen (secondary N) is 1. The van der Waals surface area contributed by atoms with Crippen molar-refractivity contribution in [3.8, 4) is 0 Å². The summed E-state index contributed by atoms with van der Waals surface area (Å²) in [6.07, 6.45) is 8.22. The van der Waals surface area contributed by atoms with E-state index in [1.165, 1.54) is 12.8 Å². The van der Waals surface area contributed by atoms with Gasteiger partial charge in [-0.2, -0.15) is 0 Å². The van der Waals surface area contributed by atoms with Crippen LogP contribution in [-0.4, -0.2) is 32.2 Å². The van der Waals surface area contributed by atoms with Gasteiger partial charge in [0.15, 0.2) is 5.65 Å². The van der Waals surface area contributed by atoms with Gasteiger partial charge in [-0.1, -0.05) is 43.2 Å². The summed E-state index contributed by atoms with van der Waals surface area (Å²) in [5.41, 5.74) is 2.87. The van der Waals surface area contributed by atoms with E-state index in [-0.39, 0.29) is 12.5 Å². The summed E-state index contributed by atoms with van der Waals surface area (Å²) in [5, 5.41) is 12.5. The Labute approximate surface area is 151 Å². The van der Waals surface area contributed by atoms with E-state index in [0.29, 0.717) is 11.6 Å². The van der Waals surface area contributed by atoms with Gasteiger partial charge in [0.1, 0.15) is 5.52 Å². The lowest BCUT2D eigenvalue weighted by atomic mass is 10.1. The second kappa shape index (κ2) is 7.25. The number of pyridine rings is 1. The summed E-state index contributed by atoms with van der Waals surface area (Å²) in [4.78, 5) is 21.5. The summed E-state index contributed by atoms with van der Waals surface area (Å²) in [7, 11) is 0. The Hall–Kier alpha value is -2.73. The summed E-state index contributed by atoms with van der Waals surface area (Å²) in [6.45, 7) is -0.165. The zero-order valence-electron chi connectivity index (χ0n) is 14.5. The Morgan fingerprint density at radius 2 is 2.00 bits per heavy atom. The fourth-order valence-electron chi connectivity index (χ4n) is 3.65. The summed E-state index contributed by atoms with van der Waals surface area (Å²) >= 11 is 0. The van der Waals surface area contributed by atoms with Gasteiger partial charge in [-0.3, -0.25) is 4.79 Å². The number of aliphatic hydroxyl groups is 1. The second-order valence-corrected chi connectivity index (χ2v) is 6.78. The third-order valence-electron chi connectivity index (χ3n) is 5.08. The predicted molar refractivity (Wildman–Crippen MR) is 98.8 cm³/mol. The van der Waals surface area contributed by atoms with Crippen LogP contribution in [0, 0.1) is 0 Å². The Kier molecular flexibility index (Phi) is 4.67. The number of imidazole rings is 1. The van der Waals surface area contributed by atoms with Crippen molar-refractivity contribution in [3.05, 3.63) is 60.0 Å². The first kappa shape index (κ1) is 16.7. The molecule has 2 N–H and O–H groups in total. The monoisotopic (exact) mass is 350 g/mol. The first-order valence-electron chi connectivity index (χ1n) is 9.05. The highest BCUT2D eigenvalue weighted by molar-refractivity contribution is 5.96. The van der Waals surface area contributed by atoms with E-state index in [1.54, 1.807) is 12.3 Å². The van der Waals surface area contributed by atoms with E-state index in [4.69, 9.17) is 0 Å². The molecule has 0 bridgehead atoms. The molecule has 1 amide bonds. The normalized spacial score (nSPS) is 16.0. The molecule has 0 radical (unpaired) electrons. The molecule has 0 saturated heterocycles. The zero-order chi connectivity index (χ0) is 17.9. The lowest BCUT2D eigenvalue weighted by molar-refractivity contribution is 0.0916. The van der Waals surface area contributed by atoms with Crippen molar-refractivity contribution in [1.29, 1.82) is 0 Å². The highest BCUT2D eigenvalue weighted by Crippen LogP contribution is 2.31. The quantitative estimate of drug-likeness (QED) is 0.741. The Morgan fingerprint density at radius 3 is 2.73 bits per heavy atom. The van der Waals surface area contributed by atoms with E-state index in [2.05, 4.69) is 19.9 Å². The van der Waals surface area contributed by atoms with Gasteiger partial charge in [0.05, 0.1) is 24.5 Å². The molecule has 1 aliphatic carbocycles. The summed E-state index contributed by atoms with van der Waals surface area (Å²) in [5.74, 6) is -0.266. The molecule has 1 aromatic carbocycles. The van der Waals surface area contributed by atoms with Crippen LogP contribution in [0.5, 0.6) is 0 Å². The van der Waals surface area contributed by atoms with Gasteiger partial charge in [0.25, 0.3) is 5.91 Å². The number of nitrogens with zero attached hydrogens (tertiary/aromatic N) is 3. The fourth-order valence-corrected chi connectivity index (χ4v) is 3.65. The summed E-state index contributed by atoms with van der Waals surface area (Å²) in [6, 6.07) is 11.2. The van der Waals surface area contributed by atoms with Crippen molar-refractivity contribution in [2.24, 2.45) is 0 Å². The van der Waals surface area contributed by atoms with Crippen molar-refractivity contribution in [3.63, 3.8) is 0 Å². The minimum absolute atomic E-state index is 0.165. The van der Waals surface area contributed by atoms with Crippen LogP contribution in [0.3, 0.4) is 0 Å². The van der Waals surface area contributed by atoms with Gasteiger partial charge >= 0.3 is 0 Å². The second-order valence-electron chi connectivity index (χ2n) is 6.78. The molecule has 2 heterocycles. The molecule has 2 aromatic heterocycles. The molecule has 4 rings (SSSR count). The molecule has 134 valence electrons. The van der Waals surface area contributed by atoms with Gasteiger partial charge in [-0.25, -0.2) is 9.97 Å². The lowest BCUT2D eigenvalue weighted by Gasteiger charge is -2.16. The Morgan fingerprint density at radius 1 is 1.23 bits per heavy atom. The van der Waals surface area contributed by atoms with Crippen LogP contribution in [0.4, 0.5) is 0 Å². The average molecular weight is 350 g/mol. The topological polar surface area (TPSA) is 80.0 Å². The first-order chi connectivity index (χ1) is 12.8. The van der Waals surface area contributed by atoms with Crippen molar-refractivity contribution in [1.82, 2.24) is 19.9 Å². The third kappa shape index (κ3) is 3.20. The molecule has 6 heteroatoms. The number of carbonyl (C=O) groups excluding carboxylic acids is 1. The van der Waals surface area contributed by atoms with Crippen LogP contribution >= 0.6 is 0 Å². The molecule has 0 unspecified atom stereocenters. The smallest absolute Gasteiger partial charge is 0.253 e. The highest BCUT2D eigenvalue weighted by atomic mass is 16.3. The van der Waals surface area contributed by atoms with Crippen LogP contribution < -0.4 is 5.32 Å². The maximum atomic E-state index is 12.6. The molecule has 3 aromatic rings. The van der Waals surface area contributed by atoms with Gasteiger partial charge in [0, 0.05) is 12.2 Å². The largest absolute Gasteiger partial charge is 0.394 e. The Bertz CT molecular complexity index is 901. The van der Waals surface area contributed by atoms with E-state index < -0.39 is 6.04 Å². The number of rotatable bonds is 5. The molecular weight excluding hydrogens is 328 g/mol. The third-order valence-corrected chi connectivity index (χ3v) is 5.08. The van der Waals surface area contributed by atoms with Crippen LogP contribution in [0.25, 0.3) is 11.2 Å². The fraction of sp³-hybridized carbons (Fsp3) is 0.350. The maximum Gasteiger partial charge on any atom is 0.253 e. The molecule has 1 atom stereocenters. The van der Waals surface area contributed by atoms with Crippen molar-refractivity contribution in [2.45, 2.75) is 37.8 Å². The van der Waals surface area contributed by atoms with Gasteiger partial charge in [-0.05, 0) is 24.5 Å². The van der Waals surface area contributed by atoms with E-state index in [0.717, 1.165) is 29.6 Å². The number of hydrogen-bond donors (Lipinski definition) is 2.